The number of nitrogens with zero attached hydrogens (tertiary/aromatic N) is 4. The van der Waals surface area contributed by atoms with E-state index in [-0.39, 0.29) is 6.01 Å². The molecule has 0 saturated heterocycles. The van der Waals surface area contributed by atoms with Crippen molar-refractivity contribution < 1.29 is 9.15 Å². The van der Waals surface area contributed by atoms with E-state index in [9.17, 15) is 0 Å². The van der Waals surface area contributed by atoms with Gasteiger partial charge >= 0.3 is 6.01 Å². The highest BCUT2D eigenvalue weighted by Crippen LogP contribution is 2.32. The van der Waals surface area contributed by atoms with Gasteiger partial charge in [0.25, 0.3) is 0 Å². The minimum atomic E-state index is 0.0596. The van der Waals surface area contributed by atoms with Crippen molar-refractivity contribution in [1.82, 2.24) is 20.0 Å². The fourth-order valence-corrected chi connectivity index (χ4v) is 3.76. The zero-order valence-corrected chi connectivity index (χ0v) is 19.5. The number of ether oxygens (including phenoxy) is 1. The van der Waals surface area contributed by atoms with Gasteiger partial charge in [0, 0.05) is 8.86 Å². The molecule has 9 heteroatoms. The molecule has 3 rings (SSSR count). The first-order valence-corrected chi connectivity index (χ1v) is 11.7. The van der Waals surface area contributed by atoms with Gasteiger partial charge in [0.15, 0.2) is 5.75 Å². The van der Waals surface area contributed by atoms with Crippen molar-refractivity contribution in [3.63, 3.8) is 0 Å². The molecular weight excluding hydrogens is 572 g/mol. The first-order chi connectivity index (χ1) is 13.1. The number of aromatic nitrogens is 4. The normalized spacial score (nSPS) is 11.1. The number of hydrogen-bond donors (Lipinski definition) is 1. The minimum Gasteiger partial charge on any atom is -0.453 e. The van der Waals surface area contributed by atoms with Crippen molar-refractivity contribution >= 4 is 51.2 Å². The van der Waals surface area contributed by atoms with E-state index in [2.05, 4.69) is 87.4 Å². The highest BCUT2D eigenvalue weighted by Gasteiger charge is 2.20. The van der Waals surface area contributed by atoms with Gasteiger partial charge in [-0.15, -0.1) is 5.10 Å². The maximum Gasteiger partial charge on any atom is 0.312 e. The van der Waals surface area contributed by atoms with Crippen LogP contribution in [-0.4, -0.2) is 20.0 Å². The lowest BCUT2D eigenvalue weighted by Gasteiger charge is -2.11. The lowest BCUT2D eigenvalue weighted by molar-refractivity contribution is 0.457. The summed E-state index contributed by atoms with van der Waals surface area (Å²) in [5, 5.41) is 12.4. The van der Waals surface area contributed by atoms with Gasteiger partial charge in [0.05, 0.1) is 5.69 Å². The van der Waals surface area contributed by atoms with Crippen LogP contribution in [0.25, 0.3) is 0 Å². The van der Waals surface area contributed by atoms with Crippen LogP contribution < -0.4 is 10.5 Å². The molecule has 27 heavy (non-hydrogen) atoms. The van der Waals surface area contributed by atoms with Crippen LogP contribution in [0.5, 0.6) is 11.5 Å². The van der Waals surface area contributed by atoms with E-state index in [1.807, 2.05) is 4.68 Å². The molecule has 3 aromatic rings. The third-order valence-corrected chi connectivity index (χ3v) is 5.83. The Morgan fingerprint density at radius 2 is 1.78 bits per heavy atom. The monoisotopic (exact) mass is 593 g/mol. The van der Waals surface area contributed by atoms with Crippen molar-refractivity contribution in [2.75, 3.05) is 5.73 Å². The molecule has 2 aromatic heterocycles. The number of benzene rings is 1. The van der Waals surface area contributed by atoms with Crippen LogP contribution in [0.4, 0.5) is 6.01 Å². The maximum absolute atomic E-state index is 6.35. The van der Waals surface area contributed by atoms with E-state index in [0.717, 1.165) is 44.6 Å². The molecule has 0 unspecified atom stereocenters. The van der Waals surface area contributed by atoms with Crippen LogP contribution in [0.2, 0.25) is 0 Å². The molecule has 0 aliphatic heterocycles. The predicted molar refractivity (Wildman–Crippen MR) is 121 cm³/mol. The summed E-state index contributed by atoms with van der Waals surface area (Å²) in [5.41, 5.74) is 9.95. The number of halogens is 2. The van der Waals surface area contributed by atoms with E-state index in [4.69, 9.17) is 20.0 Å². The highest BCUT2D eigenvalue weighted by molar-refractivity contribution is 14.1. The first kappa shape index (κ1) is 20.4. The van der Waals surface area contributed by atoms with E-state index < -0.39 is 0 Å². The number of anilines is 1. The summed E-state index contributed by atoms with van der Waals surface area (Å²) >= 11 is 4.75. The van der Waals surface area contributed by atoms with Crippen molar-refractivity contribution in [3.8, 4) is 11.5 Å². The summed E-state index contributed by atoms with van der Waals surface area (Å²) in [7, 11) is 0. The molecule has 2 N–H and O–H groups in total. The second kappa shape index (κ2) is 9.22. The molecular formula is C18H21I2N5O2. The molecule has 2 heterocycles. The molecule has 0 amide bonds. The Balaban J connectivity index is 1.97. The zero-order chi connectivity index (χ0) is 19.4. The third-order valence-electron chi connectivity index (χ3n) is 4.07. The molecule has 0 fully saturated rings. The molecule has 1 aromatic carbocycles. The zero-order valence-electron chi connectivity index (χ0n) is 15.2. The quantitative estimate of drug-likeness (QED) is 0.302. The molecule has 0 aliphatic rings. The van der Waals surface area contributed by atoms with Crippen LogP contribution in [0.3, 0.4) is 0 Å². The molecule has 7 nitrogen and oxygen atoms in total. The van der Waals surface area contributed by atoms with Crippen LogP contribution in [-0.2, 0) is 28.2 Å². The maximum atomic E-state index is 6.35. The van der Waals surface area contributed by atoms with E-state index >= 15 is 0 Å². The number of nitrogens with two attached hydrogens (primary N) is 1. The SMILES string of the molecule is CCc1nn(Cc2nnc(N)o2)c(CC)c1Oc1cc(CI)cc(CI)c1. The van der Waals surface area contributed by atoms with E-state index in [0.29, 0.717) is 12.4 Å². The number of nitrogen functional groups attached to an aromatic ring is 1. The lowest BCUT2D eigenvalue weighted by Crippen LogP contribution is -2.06. The van der Waals surface area contributed by atoms with E-state index in [1.165, 1.54) is 11.1 Å². The van der Waals surface area contributed by atoms with Crippen molar-refractivity contribution in [2.45, 2.75) is 42.1 Å². The van der Waals surface area contributed by atoms with Gasteiger partial charge in [0.1, 0.15) is 18.0 Å². The van der Waals surface area contributed by atoms with Gasteiger partial charge < -0.3 is 14.9 Å². The Kier molecular flexibility index (Phi) is 6.95. The molecule has 144 valence electrons. The fourth-order valence-electron chi connectivity index (χ4n) is 2.88. The largest absolute Gasteiger partial charge is 0.453 e. The summed E-state index contributed by atoms with van der Waals surface area (Å²) in [6.07, 6.45) is 1.55. The van der Waals surface area contributed by atoms with Crippen LogP contribution in [0.15, 0.2) is 22.6 Å². The summed E-state index contributed by atoms with van der Waals surface area (Å²) < 4.78 is 15.4. The predicted octanol–water partition coefficient (Wildman–Crippen LogP) is 4.68. The van der Waals surface area contributed by atoms with Crippen molar-refractivity contribution in [2.24, 2.45) is 0 Å². The number of alkyl halides is 2. The highest BCUT2D eigenvalue weighted by atomic mass is 127. The summed E-state index contributed by atoms with van der Waals surface area (Å²) in [6.45, 7) is 4.53. The third kappa shape index (κ3) is 4.73. The molecule has 0 aliphatic carbocycles. The van der Waals surface area contributed by atoms with Crippen LogP contribution >= 0.6 is 45.2 Å². The lowest BCUT2D eigenvalue weighted by atomic mass is 10.1. The van der Waals surface area contributed by atoms with Crippen molar-refractivity contribution in [1.29, 1.82) is 0 Å². The topological polar surface area (TPSA) is 92.0 Å². The first-order valence-electron chi connectivity index (χ1n) is 8.66. The number of hydrogen-bond acceptors (Lipinski definition) is 6. The summed E-state index contributed by atoms with van der Waals surface area (Å²) in [4.78, 5) is 0. The van der Waals surface area contributed by atoms with Crippen LogP contribution in [0.1, 0.15) is 42.3 Å². The minimum absolute atomic E-state index is 0.0596. The van der Waals surface area contributed by atoms with Gasteiger partial charge in [-0.25, -0.2) is 0 Å². The van der Waals surface area contributed by atoms with Gasteiger partial charge in [0.2, 0.25) is 5.89 Å². The summed E-state index contributed by atoms with van der Waals surface area (Å²) in [6, 6.07) is 6.47. The Labute approximate surface area is 185 Å². The van der Waals surface area contributed by atoms with Gasteiger partial charge in [-0.05, 0) is 36.1 Å². The van der Waals surface area contributed by atoms with Crippen LogP contribution in [0, 0.1) is 0 Å². The van der Waals surface area contributed by atoms with Gasteiger partial charge in [-0.3, -0.25) is 4.68 Å². The van der Waals surface area contributed by atoms with Gasteiger partial charge in [-0.1, -0.05) is 70.2 Å². The molecule has 0 bridgehead atoms. The average Bonchev–Trinajstić information content (AvgIpc) is 3.24. The Bertz CT molecular complexity index is 900. The molecule has 0 radical (unpaired) electrons. The molecule has 0 saturated carbocycles. The Morgan fingerprint density at radius 3 is 2.30 bits per heavy atom. The smallest absolute Gasteiger partial charge is 0.312 e. The van der Waals surface area contributed by atoms with Crippen molar-refractivity contribution in [3.05, 3.63) is 46.6 Å². The average molecular weight is 593 g/mol. The Morgan fingerprint density at radius 1 is 1.07 bits per heavy atom. The van der Waals surface area contributed by atoms with Gasteiger partial charge in [-0.2, -0.15) is 5.10 Å². The Hall–Kier alpha value is -1.37. The fraction of sp³-hybridized carbons (Fsp3) is 0.389. The second-order valence-electron chi connectivity index (χ2n) is 5.98. The standard InChI is InChI=1S/C18H21I2N5O2/c1-3-14-17(26-13-6-11(8-19)5-12(7-13)9-20)15(4-2)25(24-14)10-16-22-23-18(21)27-16/h5-7H,3-4,8-10H2,1-2H3,(H2,21,23). The number of rotatable bonds is 8. The molecule has 0 spiro atoms. The summed E-state index contributed by atoms with van der Waals surface area (Å²) in [5.74, 6) is 2.09. The number of aryl methyl sites for hydroxylation is 1. The van der Waals surface area contributed by atoms with E-state index in [1.54, 1.807) is 0 Å². The second-order valence-corrected chi connectivity index (χ2v) is 7.50. The molecule has 0 atom stereocenters.